The quantitative estimate of drug-likeness (QED) is 0.894. The van der Waals surface area contributed by atoms with Crippen LogP contribution in [0.25, 0.3) is 0 Å². The molecule has 1 aromatic carbocycles. The van der Waals surface area contributed by atoms with E-state index in [2.05, 4.69) is 4.90 Å². The minimum Gasteiger partial charge on any atom is -0.505 e. The van der Waals surface area contributed by atoms with Gasteiger partial charge in [-0.1, -0.05) is 12.1 Å². The van der Waals surface area contributed by atoms with E-state index in [0.29, 0.717) is 18.0 Å². The largest absolute Gasteiger partial charge is 0.505 e. The maximum Gasteiger partial charge on any atom is 0.165 e. The van der Waals surface area contributed by atoms with Gasteiger partial charge in [0, 0.05) is 25.8 Å². The lowest BCUT2D eigenvalue weighted by atomic mass is 9.97. The molecule has 100 valence electrons. The van der Waals surface area contributed by atoms with E-state index in [1.165, 1.54) is 6.07 Å². The van der Waals surface area contributed by atoms with Gasteiger partial charge in [-0.2, -0.15) is 0 Å². The van der Waals surface area contributed by atoms with Crippen LogP contribution in [0.3, 0.4) is 0 Å². The molecule has 1 N–H and O–H groups in total. The van der Waals surface area contributed by atoms with E-state index >= 15 is 0 Å². The van der Waals surface area contributed by atoms with Gasteiger partial charge in [0.1, 0.15) is 0 Å². The van der Waals surface area contributed by atoms with E-state index in [1.807, 2.05) is 0 Å². The van der Waals surface area contributed by atoms with Gasteiger partial charge in [-0.3, -0.25) is 4.90 Å². The molecule has 0 spiro atoms. The van der Waals surface area contributed by atoms with Crippen LogP contribution in [0.5, 0.6) is 5.75 Å². The lowest BCUT2D eigenvalue weighted by molar-refractivity contribution is 0.0964. The monoisotopic (exact) mass is 253 g/mol. The van der Waals surface area contributed by atoms with Gasteiger partial charge >= 0.3 is 0 Å². The summed E-state index contributed by atoms with van der Waals surface area (Å²) in [6, 6.07) is 4.70. The van der Waals surface area contributed by atoms with Crippen LogP contribution in [0.15, 0.2) is 18.2 Å². The molecule has 0 atom stereocenters. The van der Waals surface area contributed by atoms with Crippen molar-refractivity contribution in [2.45, 2.75) is 19.4 Å². The summed E-state index contributed by atoms with van der Waals surface area (Å²) in [5.74, 6) is -0.120. The fourth-order valence-electron chi connectivity index (χ4n) is 2.48. The molecule has 1 aliphatic rings. The minimum absolute atomic E-state index is 0.212. The van der Waals surface area contributed by atoms with Crippen LogP contribution in [0.4, 0.5) is 4.39 Å². The lowest BCUT2D eigenvalue weighted by Gasteiger charge is -2.31. The highest BCUT2D eigenvalue weighted by Gasteiger charge is 2.20. The maximum absolute atomic E-state index is 13.2. The predicted molar refractivity (Wildman–Crippen MR) is 67.9 cm³/mol. The van der Waals surface area contributed by atoms with Crippen molar-refractivity contribution in [2.24, 2.45) is 5.92 Å². The molecular weight excluding hydrogens is 233 g/mol. The van der Waals surface area contributed by atoms with Crippen molar-refractivity contribution in [1.29, 1.82) is 0 Å². The second kappa shape index (κ2) is 6.16. The van der Waals surface area contributed by atoms with Crippen molar-refractivity contribution in [1.82, 2.24) is 4.90 Å². The number of phenolic OH excluding ortho intramolecular Hbond substituents is 1. The van der Waals surface area contributed by atoms with Crippen molar-refractivity contribution in [3.05, 3.63) is 29.6 Å². The number of piperidine rings is 1. The Hall–Kier alpha value is -1.13. The van der Waals surface area contributed by atoms with Crippen LogP contribution in [-0.2, 0) is 11.3 Å². The van der Waals surface area contributed by atoms with Gasteiger partial charge in [0.25, 0.3) is 0 Å². The summed E-state index contributed by atoms with van der Waals surface area (Å²) in [4.78, 5) is 2.25. The molecule has 1 fully saturated rings. The number of hydrogen-bond donors (Lipinski definition) is 1. The summed E-state index contributed by atoms with van der Waals surface area (Å²) < 4.78 is 18.4. The number of nitrogens with zero attached hydrogens (tertiary/aromatic N) is 1. The van der Waals surface area contributed by atoms with Gasteiger partial charge in [-0.15, -0.1) is 0 Å². The number of methoxy groups -OCH3 is 1. The van der Waals surface area contributed by atoms with Crippen molar-refractivity contribution in [3.8, 4) is 5.75 Å². The van der Waals surface area contributed by atoms with E-state index in [9.17, 15) is 9.50 Å². The van der Waals surface area contributed by atoms with Crippen molar-refractivity contribution < 1.29 is 14.2 Å². The molecule has 1 aliphatic heterocycles. The molecule has 2 rings (SSSR count). The summed E-state index contributed by atoms with van der Waals surface area (Å²) in [7, 11) is 1.73. The third-order valence-corrected chi connectivity index (χ3v) is 3.57. The van der Waals surface area contributed by atoms with Gasteiger partial charge in [-0.05, 0) is 37.9 Å². The van der Waals surface area contributed by atoms with Crippen LogP contribution in [-0.4, -0.2) is 36.8 Å². The zero-order chi connectivity index (χ0) is 13.0. The number of benzene rings is 1. The van der Waals surface area contributed by atoms with Crippen molar-refractivity contribution in [2.75, 3.05) is 26.8 Å². The predicted octanol–water partition coefficient (Wildman–Crippen LogP) is 2.39. The molecule has 0 aliphatic carbocycles. The van der Waals surface area contributed by atoms with Crippen molar-refractivity contribution in [3.63, 3.8) is 0 Å². The first kappa shape index (κ1) is 13.3. The summed E-state index contributed by atoms with van der Waals surface area (Å²) in [5, 5.41) is 9.64. The second-order valence-corrected chi connectivity index (χ2v) is 4.92. The Balaban J connectivity index is 1.90. The number of phenols is 1. The topological polar surface area (TPSA) is 32.7 Å². The molecule has 3 nitrogen and oxygen atoms in total. The third-order valence-electron chi connectivity index (χ3n) is 3.57. The Bertz CT molecular complexity index is 389. The van der Waals surface area contributed by atoms with E-state index in [-0.39, 0.29) is 5.75 Å². The van der Waals surface area contributed by atoms with E-state index < -0.39 is 5.82 Å². The lowest BCUT2D eigenvalue weighted by Crippen LogP contribution is -2.34. The summed E-state index contributed by atoms with van der Waals surface area (Å²) >= 11 is 0. The first-order valence-corrected chi connectivity index (χ1v) is 6.38. The first-order chi connectivity index (χ1) is 8.70. The number of halogens is 1. The summed E-state index contributed by atoms with van der Waals surface area (Å²) in [5.41, 5.74) is 0.667. The molecule has 0 bridgehead atoms. The highest BCUT2D eigenvalue weighted by atomic mass is 19.1. The van der Waals surface area contributed by atoms with Crippen LogP contribution < -0.4 is 0 Å². The molecular formula is C14H20FNO2. The highest BCUT2D eigenvalue weighted by Crippen LogP contribution is 2.24. The Kier molecular flexibility index (Phi) is 4.55. The molecule has 0 unspecified atom stereocenters. The normalized spacial score (nSPS) is 18.1. The zero-order valence-corrected chi connectivity index (χ0v) is 10.7. The fourth-order valence-corrected chi connectivity index (χ4v) is 2.48. The van der Waals surface area contributed by atoms with Gasteiger partial charge in [0.05, 0.1) is 0 Å². The maximum atomic E-state index is 13.2. The second-order valence-electron chi connectivity index (χ2n) is 4.92. The van der Waals surface area contributed by atoms with Gasteiger partial charge in [0.15, 0.2) is 11.6 Å². The third kappa shape index (κ3) is 3.21. The Morgan fingerprint density at radius 1 is 1.39 bits per heavy atom. The SMILES string of the molecule is COCC1CCN(Cc2cccc(F)c2O)CC1. The number of ether oxygens (including phenoxy) is 1. The highest BCUT2D eigenvalue weighted by molar-refractivity contribution is 5.33. The van der Waals surface area contributed by atoms with E-state index in [1.54, 1.807) is 19.2 Å². The van der Waals surface area contributed by atoms with Crippen LogP contribution in [0, 0.1) is 11.7 Å². The number of para-hydroxylation sites is 1. The number of aromatic hydroxyl groups is 1. The Morgan fingerprint density at radius 2 is 2.11 bits per heavy atom. The molecule has 18 heavy (non-hydrogen) atoms. The van der Waals surface area contributed by atoms with Gasteiger partial charge in [0.2, 0.25) is 0 Å². The number of rotatable bonds is 4. The standard InChI is InChI=1S/C14H20FNO2/c1-18-10-11-5-7-16(8-6-11)9-12-3-2-4-13(15)14(12)17/h2-4,11,17H,5-10H2,1H3. The van der Waals surface area contributed by atoms with Crippen LogP contribution in [0.2, 0.25) is 0 Å². The van der Waals surface area contributed by atoms with Crippen LogP contribution >= 0.6 is 0 Å². The summed E-state index contributed by atoms with van der Waals surface area (Å²) in [6.45, 7) is 3.39. The minimum atomic E-state index is -0.540. The zero-order valence-electron chi connectivity index (χ0n) is 10.7. The molecule has 4 heteroatoms. The molecule has 1 aromatic rings. The van der Waals surface area contributed by atoms with E-state index in [0.717, 1.165) is 32.5 Å². The smallest absolute Gasteiger partial charge is 0.165 e. The summed E-state index contributed by atoms with van der Waals surface area (Å²) in [6.07, 6.45) is 2.20. The van der Waals surface area contributed by atoms with Gasteiger partial charge in [-0.25, -0.2) is 4.39 Å². The molecule has 1 heterocycles. The fraction of sp³-hybridized carbons (Fsp3) is 0.571. The van der Waals surface area contributed by atoms with E-state index in [4.69, 9.17) is 4.74 Å². The molecule has 1 saturated heterocycles. The van der Waals surface area contributed by atoms with Crippen molar-refractivity contribution >= 4 is 0 Å². The number of hydrogen-bond acceptors (Lipinski definition) is 3. The van der Waals surface area contributed by atoms with Crippen LogP contribution in [0.1, 0.15) is 18.4 Å². The average molecular weight is 253 g/mol. The average Bonchev–Trinajstić information content (AvgIpc) is 2.38. The van der Waals surface area contributed by atoms with Gasteiger partial charge < -0.3 is 9.84 Å². The Morgan fingerprint density at radius 3 is 2.78 bits per heavy atom. The number of likely N-dealkylation sites (tertiary alicyclic amines) is 1. The first-order valence-electron chi connectivity index (χ1n) is 6.38. The Labute approximate surface area is 107 Å². The molecule has 0 radical (unpaired) electrons. The molecule has 0 saturated carbocycles. The molecule has 0 aromatic heterocycles. The molecule has 0 amide bonds.